The van der Waals surface area contributed by atoms with Gasteiger partial charge in [-0.25, -0.2) is 0 Å². The predicted octanol–water partition coefficient (Wildman–Crippen LogP) is 11.2. The minimum Gasteiger partial charge on any atom is -0.0578 e. The molecule has 0 heterocycles. The SMILES string of the molecule is CC1=C2C(C)=C(C)C3C4=C2C2C(=C(C)C(C)=C5C2=C1c1c(C)c(C)c(C)c(C)c15)C(C)=C4c1c(C)c(C)c(C)c(C)c13. The second-order valence-electron chi connectivity index (χ2n) is 14.4. The van der Waals surface area contributed by atoms with Gasteiger partial charge in [-0.05, 0) is 236 Å². The summed E-state index contributed by atoms with van der Waals surface area (Å²) in [5.74, 6) is 0.691. The Kier molecular flexibility index (Phi) is 4.85. The van der Waals surface area contributed by atoms with Crippen LogP contribution in [0.4, 0.5) is 0 Å². The number of benzene rings is 2. The molecule has 0 saturated heterocycles. The van der Waals surface area contributed by atoms with Gasteiger partial charge < -0.3 is 0 Å². The third-order valence-electron chi connectivity index (χ3n) is 13.3. The van der Waals surface area contributed by atoms with Crippen LogP contribution in [0.1, 0.15) is 114 Å². The normalized spacial score (nSPS) is 23.3. The molecule has 8 rings (SSSR count). The smallest absolute Gasteiger partial charge is 0.0367 e. The van der Waals surface area contributed by atoms with Crippen molar-refractivity contribution in [1.29, 1.82) is 0 Å². The average molecular weight is 549 g/mol. The lowest BCUT2D eigenvalue weighted by Crippen LogP contribution is -2.30. The molecule has 0 fully saturated rings. The van der Waals surface area contributed by atoms with Gasteiger partial charge in [0.2, 0.25) is 0 Å². The molecule has 6 aliphatic rings. The van der Waals surface area contributed by atoms with Crippen LogP contribution in [0.3, 0.4) is 0 Å². The number of allylic oxidation sites excluding steroid dienone is 14. The molecule has 0 bridgehead atoms. The first-order valence-electron chi connectivity index (χ1n) is 16.0. The Morgan fingerprint density at radius 1 is 0.286 bits per heavy atom. The Labute approximate surface area is 253 Å². The summed E-state index contributed by atoms with van der Waals surface area (Å²) in [6.45, 7) is 33.5. The largest absolute Gasteiger partial charge is 0.0578 e. The third kappa shape index (κ3) is 2.49. The molecule has 0 N–H and O–H groups in total. The molecular formula is C42H44. The van der Waals surface area contributed by atoms with Gasteiger partial charge in [0.1, 0.15) is 0 Å². The van der Waals surface area contributed by atoms with Crippen LogP contribution in [-0.2, 0) is 0 Å². The van der Waals surface area contributed by atoms with Crippen molar-refractivity contribution < 1.29 is 0 Å². The molecule has 0 spiro atoms. The summed E-state index contributed by atoms with van der Waals surface area (Å²) in [6, 6.07) is 0. The molecule has 0 aromatic heterocycles. The molecule has 6 aliphatic carbocycles. The lowest BCUT2D eigenvalue weighted by molar-refractivity contribution is 0.778. The molecule has 0 aliphatic heterocycles. The molecule has 2 aromatic rings. The van der Waals surface area contributed by atoms with Crippen molar-refractivity contribution >= 4 is 16.7 Å². The number of hydrogen-bond acceptors (Lipinski definition) is 0. The van der Waals surface area contributed by atoms with E-state index in [1.165, 1.54) is 83.5 Å². The quantitative estimate of drug-likeness (QED) is 0.307. The van der Waals surface area contributed by atoms with Gasteiger partial charge in [-0.3, -0.25) is 0 Å². The molecule has 2 atom stereocenters. The molecule has 2 unspecified atom stereocenters. The van der Waals surface area contributed by atoms with Crippen molar-refractivity contribution in [3.63, 3.8) is 0 Å². The molecule has 2 aromatic carbocycles. The van der Waals surface area contributed by atoms with E-state index >= 15 is 0 Å². The molecule has 212 valence electrons. The van der Waals surface area contributed by atoms with Crippen LogP contribution in [0.25, 0.3) is 16.7 Å². The van der Waals surface area contributed by atoms with E-state index in [1.54, 1.807) is 61.3 Å². The maximum absolute atomic E-state index is 2.46. The van der Waals surface area contributed by atoms with Gasteiger partial charge in [-0.1, -0.05) is 5.57 Å². The molecular weight excluding hydrogens is 504 g/mol. The number of hydrogen-bond donors (Lipinski definition) is 0. The van der Waals surface area contributed by atoms with E-state index in [9.17, 15) is 0 Å². The summed E-state index contributed by atoms with van der Waals surface area (Å²) in [5, 5.41) is 0. The zero-order valence-electron chi connectivity index (χ0n) is 28.2. The van der Waals surface area contributed by atoms with Crippen LogP contribution >= 0.6 is 0 Å². The minimum atomic E-state index is 0.325. The van der Waals surface area contributed by atoms with Gasteiger partial charge in [0.05, 0.1) is 0 Å². The van der Waals surface area contributed by atoms with Crippen molar-refractivity contribution in [2.45, 2.75) is 103 Å². The molecule has 0 nitrogen and oxygen atoms in total. The van der Waals surface area contributed by atoms with Crippen molar-refractivity contribution in [3.05, 3.63) is 128 Å². The zero-order chi connectivity index (χ0) is 30.2. The molecule has 0 heteroatoms. The van der Waals surface area contributed by atoms with Crippen molar-refractivity contribution in [3.8, 4) is 0 Å². The van der Waals surface area contributed by atoms with E-state index in [4.69, 9.17) is 0 Å². The lowest BCUT2D eigenvalue weighted by Gasteiger charge is -2.46. The van der Waals surface area contributed by atoms with E-state index < -0.39 is 0 Å². The highest BCUT2D eigenvalue weighted by molar-refractivity contribution is 6.14. The highest BCUT2D eigenvalue weighted by atomic mass is 14.6. The van der Waals surface area contributed by atoms with Crippen LogP contribution in [0.5, 0.6) is 0 Å². The zero-order valence-corrected chi connectivity index (χ0v) is 28.2. The summed E-state index contributed by atoms with van der Waals surface area (Å²) < 4.78 is 0. The topological polar surface area (TPSA) is 0 Å². The third-order valence-corrected chi connectivity index (χ3v) is 13.3. The fraction of sp³-hybridized carbons (Fsp3) is 0.381. The maximum atomic E-state index is 2.46. The van der Waals surface area contributed by atoms with Crippen LogP contribution in [-0.4, -0.2) is 0 Å². The Morgan fingerprint density at radius 2 is 0.762 bits per heavy atom. The molecule has 0 radical (unpaired) electrons. The second kappa shape index (κ2) is 7.76. The van der Waals surface area contributed by atoms with E-state index in [0.717, 1.165) is 0 Å². The van der Waals surface area contributed by atoms with Crippen LogP contribution < -0.4 is 0 Å². The minimum absolute atomic E-state index is 0.325. The first kappa shape index (κ1) is 26.3. The van der Waals surface area contributed by atoms with Crippen molar-refractivity contribution in [2.75, 3.05) is 0 Å². The number of fused-ring (bicyclic) bond motifs is 6. The van der Waals surface area contributed by atoms with Crippen LogP contribution in [0, 0.1) is 61.3 Å². The van der Waals surface area contributed by atoms with E-state index in [-0.39, 0.29) is 0 Å². The monoisotopic (exact) mass is 548 g/mol. The molecule has 0 amide bonds. The van der Waals surface area contributed by atoms with Crippen LogP contribution in [0.15, 0.2) is 61.3 Å². The van der Waals surface area contributed by atoms with E-state index in [2.05, 4.69) is 96.9 Å². The summed E-state index contributed by atoms with van der Waals surface area (Å²) in [6.07, 6.45) is 0. The van der Waals surface area contributed by atoms with Gasteiger partial charge >= 0.3 is 0 Å². The van der Waals surface area contributed by atoms with Gasteiger partial charge in [0, 0.05) is 11.8 Å². The van der Waals surface area contributed by atoms with Gasteiger partial charge in [0.15, 0.2) is 0 Å². The first-order valence-corrected chi connectivity index (χ1v) is 16.0. The Balaban J connectivity index is 1.62. The Morgan fingerprint density at radius 3 is 1.36 bits per heavy atom. The summed E-state index contributed by atoms with van der Waals surface area (Å²) >= 11 is 0. The maximum Gasteiger partial charge on any atom is 0.0367 e. The van der Waals surface area contributed by atoms with Crippen molar-refractivity contribution in [2.24, 2.45) is 5.92 Å². The highest BCUT2D eigenvalue weighted by Gasteiger charge is 2.54. The van der Waals surface area contributed by atoms with E-state index in [0.29, 0.717) is 11.8 Å². The van der Waals surface area contributed by atoms with Crippen LogP contribution in [0.2, 0.25) is 0 Å². The standard InChI is InChI=1S/C42H44/c1-15-17(3)21(7)33-31(19(15)5)35-25(11)23(9)29-28(14)38-34-22(8)18(4)16(2)20(6)32(34)36-26(12)24(10)30-27(13)37(33)41(35)39(29)40(30)42(36)38/h35,40H,1-14H3. The summed E-state index contributed by atoms with van der Waals surface area (Å²) in [5.41, 5.74) is 39.8. The Bertz CT molecular complexity index is 2080. The summed E-state index contributed by atoms with van der Waals surface area (Å²) in [4.78, 5) is 0. The van der Waals surface area contributed by atoms with Crippen molar-refractivity contribution in [1.82, 2.24) is 0 Å². The Hall–Kier alpha value is -3.38. The fourth-order valence-corrected chi connectivity index (χ4v) is 10.3. The molecule has 42 heavy (non-hydrogen) atoms. The summed E-state index contributed by atoms with van der Waals surface area (Å²) in [7, 11) is 0. The molecule has 0 saturated carbocycles. The highest BCUT2D eigenvalue weighted by Crippen LogP contribution is 2.70. The van der Waals surface area contributed by atoms with Gasteiger partial charge in [-0.2, -0.15) is 0 Å². The number of rotatable bonds is 0. The first-order chi connectivity index (χ1) is 19.7. The van der Waals surface area contributed by atoms with Gasteiger partial charge in [-0.15, -0.1) is 0 Å². The van der Waals surface area contributed by atoms with Gasteiger partial charge in [0.25, 0.3) is 0 Å². The van der Waals surface area contributed by atoms with E-state index in [1.807, 2.05) is 0 Å². The fourth-order valence-electron chi connectivity index (χ4n) is 10.3. The second-order valence-corrected chi connectivity index (χ2v) is 14.4. The lowest BCUT2D eigenvalue weighted by atomic mass is 9.57. The predicted molar refractivity (Wildman–Crippen MR) is 180 cm³/mol. The average Bonchev–Trinajstić information content (AvgIpc) is 3.51.